The van der Waals surface area contributed by atoms with Crippen LogP contribution in [0.25, 0.3) is 0 Å². The van der Waals surface area contributed by atoms with Gasteiger partial charge < -0.3 is 9.84 Å². The van der Waals surface area contributed by atoms with Gasteiger partial charge in [0.2, 0.25) is 0 Å². The van der Waals surface area contributed by atoms with Crippen molar-refractivity contribution in [1.29, 1.82) is 0 Å². The molecule has 1 atom stereocenters. The molecule has 2 N–H and O–H groups in total. The highest BCUT2D eigenvalue weighted by molar-refractivity contribution is 5.78. The number of nitro groups is 1. The van der Waals surface area contributed by atoms with E-state index in [0.29, 0.717) is 17.9 Å². The number of carboxylic acid groups (broad SMARTS) is 1. The Morgan fingerprint density at radius 3 is 2.65 bits per heavy atom. The van der Waals surface area contributed by atoms with Gasteiger partial charge in [0, 0.05) is 12.1 Å². The maximum absolute atomic E-state index is 11.2. The first-order valence-electron chi connectivity index (χ1n) is 6.16. The monoisotopic (exact) mass is 282 g/mol. The van der Waals surface area contributed by atoms with Gasteiger partial charge in [-0.05, 0) is 32.0 Å². The molecule has 0 saturated heterocycles. The van der Waals surface area contributed by atoms with Crippen molar-refractivity contribution in [2.24, 2.45) is 0 Å². The van der Waals surface area contributed by atoms with Crippen LogP contribution < -0.4 is 10.1 Å². The van der Waals surface area contributed by atoms with Crippen LogP contribution in [0.3, 0.4) is 0 Å². The molecule has 0 aliphatic carbocycles. The van der Waals surface area contributed by atoms with Crippen molar-refractivity contribution in [1.82, 2.24) is 5.32 Å². The molecular formula is C13H18N2O5. The van der Waals surface area contributed by atoms with Gasteiger partial charge in [-0.2, -0.15) is 0 Å². The SMILES string of the molecule is CCNC(C)(COc1ccc([N+](=O)[O-])cc1C)C(=O)O. The molecule has 0 aliphatic rings. The van der Waals surface area contributed by atoms with E-state index in [1.54, 1.807) is 13.8 Å². The number of aryl methyl sites for hydroxylation is 1. The number of carbonyl (C=O) groups is 1. The van der Waals surface area contributed by atoms with Crippen LogP contribution in [-0.4, -0.2) is 34.7 Å². The lowest BCUT2D eigenvalue weighted by Crippen LogP contribution is -2.53. The number of nitrogens with zero attached hydrogens (tertiary/aromatic N) is 1. The number of aliphatic carboxylic acids is 1. The molecule has 0 amide bonds. The number of nitrogens with one attached hydrogen (secondary N) is 1. The molecule has 0 spiro atoms. The summed E-state index contributed by atoms with van der Waals surface area (Å²) >= 11 is 0. The Bertz CT molecular complexity index is 517. The minimum absolute atomic E-state index is 0.0254. The molecule has 1 aromatic rings. The molecule has 7 heteroatoms. The van der Waals surface area contributed by atoms with Crippen molar-refractivity contribution >= 4 is 11.7 Å². The molecule has 1 aromatic carbocycles. The highest BCUT2D eigenvalue weighted by Gasteiger charge is 2.33. The molecule has 0 aliphatic heterocycles. The van der Waals surface area contributed by atoms with Crippen LogP contribution in [0.4, 0.5) is 5.69 Å². The van der Waals surface area contributed by atoms with Crippen LogP contribution >= 0.6 is 0 Å². The quantitative estimate of drug-likeness (QED) is 0.583. The molecule has 0 aromatic heterocycles. The first-order valence-corrected chi connectivity index (χ1v) is 6.16. The predicted octanol–water partition coefficient (Wildman–Crippen LogP) is 1.73. The highest BCUT2D eigenvalue weighted by Crippen LogP contribution is 2.24. The Morgan fingerprint density at radius 1 is 1.55 bits per heavy atom. The summed E-state index contributed by atoms with van der Waals surface area (Å²) in [5.74, 6) is -0.583. The molecule has 1 rings (SSSR count). The summed E-state index contributed by atoms with van der Waals surface area (Å²) in [7, 11) is 0. The Hall–Kier alpha value is -2.15. The number of rotatable bonds is 7. The van der Waals surface area contributed by atoms with Crippen molar-refractivity contribution in [3.05, 3.63) is 33.9 Å². The van der Waals surface area contributed by atoms with E-state index >= 15 is 0 Å². The van der Waals surface area contributed by atoms with Crippen LogP contribution in [0.5, 0.6) is 5.75 Å². The highest BCUT2D eigenvalue weighted by atomic mass is 16.6. The van der Waals surface area contributed by atoms with Gasteiger partial charge in [-0.15, -0.1) is 0 Å². The summed E-state index contributed by atoms with van der Waals surface area (Å²) in [5.41, 5.74) is -0.644. The third kappa shape index (κ3) is 3.67. The Balaban J connectivity index is 2.84. The van der Waals surface area contributed by atoms with Gasteiger partial charge >= 0.3 is 5.97 Å². The van der Waals surface area contributed by atoms with Crippen LogP contribution in [0.1, 0.15) is 19.4 Å². The lowest BCUT2D eigenvalue weighted by atomic mass is 10.0. The third-order valence-corrected chi connectivity index (χ3v) is 2.92. The molecule has 0 bridgehead atoms. The van der Waals surface area contributed by atoms with Gasteiger partial charge in [-0.3, -0.25) is 20.2 Å². The van der Waals surface area contributed by atoms with Crippen LogP contribution in [-0.2, 0) is 4.79 Å². The van der Waals surface area contributed by atoms with Crippen LogP contribution in [0.15, 0.2) is 18.2 Å². The summed E-state index contributed by atoms with van der Waals surface area (Å²) in [6.45, 7) is 5.42. The number of hydrogen-bond acceptors (Lipinski definition) is 5. The lowest BCUT2D eigenvalue weighted by Gasteiger charge is -2.26. The van der Waals surface area contributed by atoms with E-state index < -0.39 is 16.4 Å². The van der Waals surface area contributed by atoms with Crippen molar-refractivity contribution in [3.8, 4) is 5.75 Å². The number of ether oxygens (including phenoxy) is 1. The number of hydrogen-bond donors (Lipinski definition) is 2. The van der Waals surface area contributed by atoms with Crippen LogP contribution in [0.2, 0.25) is 0 Å². The van der Waals surface area contributed by atoms with Gasteiger partial charge in [0.1, 0.15) is 17.9 Å². The standard InChI is InChI=1S/C13H18N2O5/c1-4-14-13(3,12(16)17)8-20-11-6-5-10(15(18)19)7-9(11)2/h5-7,14H,4,8H2,1-3H3,(H,16,17). The summed E-state index contributed by atoms with van der Waals surface area (Å²) in [5, 5.41) is 22.7. The minimum atomic E-state index is -1.21. The third-order valence-electron chi connectivity index (χ3n) is 2.92. The first kappa shape index (κ1) is 15.9. The molecule has 110 valence electrons. The average molecular weight is 282 g/mol. The molecule has 0 radical (unpaired) electrons. The van der Waals surface area contributed by atoms with Crippen molar-refractivity contribution in [2.45, 2.75) is 26.3 Å². The Morgan fingerprint density at radius 2 is 2.20 bits per heavy atom. The Kier molecular flexibility index (Phi) is 5.04. The topological polar surface area (TPSA) is 102 Å². The zero-order chi connectivity index (χ0) is 15.3. The number of likely N-dealkylation sites (N-methyl/N-ethyl adjacent to an activating group) is 1. The lowest BCUT2D eigenvalue weighted by molar-refractivity contribution is -0.384. The van der Waals surface area contributed by atoms with E-state index in [2.05, 4.69) is 5.32 Å². The predicted molar refractivity (Wildman–Crippen MR) is 73.0 cm³/mol. The second kappa shape index (κ2) is 6.33. The van der Waals surface area contributed by atoms with E-state index in [9.17, 15) is 20.0 Å². The van der Waals surface area contributed by atoms with Gasteiger partial charge in [0.15, 0.2) is 0 Å². The number of non-ortho nitro benzene ring substituents is 1. The van der Waals surface area contributed by atoms with E-state index in [1.165, 1.54) is 25.1 Å². The van der Waals surface area contributed by atoms with Gasteiger partial charge in [0.05, 0.1) is 4.92 Å². The molecule has 0 saturated carbocycles. The molecular weight excluding hydrogens is 264 g/mol. The van der Waals surface area contributed by atoms with Crippen molar-refractivity contribution in [3.63, 3.8) is 0 Å². The molecule has 0 heterocycles. The smallest absolute Gasteiger partial charge is 0.327 e. The van der Waals surface area contributed by atoms with E-state index in [1.807, 2.05) is 0 Å². The van der Waals surface area contributed by atoms with Crippen molar-refractivity contribution in [2.75, 3.05) is 13.2 Å². The largest absolute Gasteiger partial charge is 0.491 e. The number of carboxylic acids is 1. The summed E-state index contributed by atoms with van der Waals surface area (Å²) in [4.78, 5) is 21.4. The number of benzene rings is 1. The second-order valence-electron chi connectivity index (χ2n) is 4.66. The first-order chi connectivity index (χ1) is 9.30. The van der Waals surface area contributed by atoms with E-state index in [4.69, 9.17) is 4.74 Å². The summed E-state index contributed by atoms with van der Waals surface area (Å²) in [6, 6.07) is 4.19. The van der Waals surface area contributed by atoms with Gasteiger partial charge in [0.25, 0.3) is 5.69 Å². The normalized spacial score (nSPS) is 13.6. The van der Waals surface area contributed by atoms with Crippen molar-refractivity contribution < 1.29 is 19.6 Å². The van der Waals surface area contributed by atoms with E-state index in [0.717, 1.165) is 0 Å². The Labute approximate surface area is 116 Å². The average Bonchev–Trinajstić information content (AvgIpc) is 2.37. The van der Waals surface area contributed by atoms with Crippen LogP contribution in [0, 0.1) is 17.0 Å². The fourth-order valence-corrected chi connectivity index (χ4v) is 1.71. The molecule has 7 nitrogen and oxygen atoms in total. The molecule has 1 unspecified atom stereocenters. The minimum Gasteiger partial charge on any atom is -0.491 e. The maximum atomic E-state index is 11.2. The van der Waals surface area contributed by atoms with Gasteiger partial charge in [-0.1, -0.05) is 6.92 Å². The fourth-order valence-electron chi connectivity index (χ4n) is 1.71. The maximum Gasteiger partial charge on any atom is 0.327 e. The second-order valence-corrected chi connectivity index (χ2v) is 4.66. The summed E-state index contributed by atoms with van der Waals surface area (Å²) in [6.07, 6.45) is 0. The summed E-state index contributed by atoms with van der Waals surface area (Å²) < 4.78 is 5.48. The molecule has 0 fully saturated rings. The van der Waals surface area contributed by atoms with Gasteiger partial charge in [-0.25, -0.2) is 0 Å². The zero-order valence-electron chi connectivity index (χ0n) is 11.7. The fraction of sp³-hybridized carbons (Fsp3) is 0.462. The number of nitro benzene ring substituents is 1. The molecule has 20 heavy (non-hydrogen) atoms. The van der Waals surface area contributed by atoms with E-state index in [-0.39, 0.29) is 12.3 Å². The zero-order valence-corrected chi connectivity index (χ0v) is 11.7.